The van der Waals surface area contributed by atoms with Crippen molar-refractivity contribution >= 4 is 0 Å². The molecule has 0 radical (unpaired) electrons. The molecule has 0 aromatic carbocycles. The summed E-state index contributed by atoms with van der Waals surface area (Å²) in [6.45, 7) is 6.49. The van der Waals surface area contributed by atoms with Crippen molar-refractivity contribution in [3.63, 3.8) is 0 Å². The van der Waals surface area contributed by atoms with Crippen LogP contribution in [0.4, 0.5) is 0 Å². The van der Waals surface area contributed by atoms with E-state index >= 15 is 0 Å². The molecule has 0 fully saturated rings. The van der Waals surface area contributed by atoms with Crippen LogP contribution in [0.3, 0.4) is 0 Å². The van der Waals surface area contributed by atoms with Crippen LogP contribution in [0, 0.1) is 0 Å². The van der Waals surface area contributed by atoms with Crippen molar-refractivity contribution in [1.82, 2.24) is 4.98 Å². The molecule has 0 aliphatic rings. The Kier molecular flexibility index (Phi) is 1.94. The molecule has 2 heteroatoms. The van der Waals surface area contributed by atoms with Crippen molar-refractivity contribution in [1.29, 1.82) is 0 Å². The maximum absolute atomic E-state index is 4.29. The van der Waals surface area contributed by atoms with Gasteiger partial charge in [-0.25, -0.2) is 9.55 Å². The summed E-state index contributed by atoms with van der Waals surface area (Å²) in [5, 5.41) is 0. The average Bonchev–Trinajstić information content (AvgIpc) is 1.86. The van der Waals surface area contributed by atoms with E-state index < -0.39 is 0 Å². The summed E-state index contributed by atoms with van der Waals surface area (Å²) in [5.74, 6) is 0. The van der Waals surface area contributed by atoms with Gasteiger partial charge in [0.05, 0.1) is 6.20 Å². The normalized spacial score (nSPS) is 11.6. The first-order valence-electron chi connectivity index (χ1n) is 3.82. The second kappa shape index (κ2) is 2.61. The fourth-order valence-corrected chi connectivity index (χ4v) is 0.875. The van der Waals surface area contributed by atoms with E-state index in [2.05, 4.69) is 32.0 Å². The van der Waals surface area contributed by atoms with Crippen molar-refractivity contribution in [3.05, 3.63) is 24.3 Å². The Morgan fingerprint density at radius 2 is 2.00 bits per heavy atom. The molecule has 0 aliphatic carbocycles. The molecule has 0 N–H and O–H groups in total. The first-order chi connectivity index (χ1) is 5.00. The van der Waals surface area contributed by atoms with E-state index in [1.807, 2.05) is 24.0 Å². The smallest absolute Gasteiger partial charge is 0.190 e. The van der Waals surface area contributed by atoms with Crippen molar-refractivity contribution in [2.75, 3.05) is 0 Å². The third kappa shape index (κ3) is 2.00. The maximum Gasteiger partial charge on any atom is 0.190 e. The zero-order chi connectivity index (χ0) is 8.48. The van der Waals surface area contributed by atoms with Crippen LogP contribution in [0.25, 0.3) is 0 Å². The minimum Gasteiger partial charge on any atom is -0.248 e. The highest BCUT2D eigenvalue weighted by molar-refractivity contribution is 5.04. The van der Waals surface area contributed by atoms with Crippen molar-refractivity contribution in [3.8, 4) is 0 Å². The van der Waals surface area contributed by atoms with Crippen LogP contribution in [0.15, 0.2) is 18.6 Å². The van der Waals surface area contributed by atoms with Crippen LogP contribution in [0.2, 0.25) is 0 Å². The predicted molar refractivity (Wildman–Crippen MR) is 44.1 cm³/mol. The van der Waals surface area contributed by atoms with Gasteiger partial charge in [0.15, 0.2) is 12.4 Å². The summed E-state index contributed by atoms with van der Waals surface area (Å²) in [7, 11) is 2.01. The Morgan fingerprint density at radius 1 is 1.36 bits per heavy atom. The highest BCUT2D eigenvalue weighted by Crippen LogP contribution is 2.17. The van der Waals surface area contributed by atoms with E-state index in [4.69, 9.17) is 0 Å². The quantitative estimate of drug-likeness (QED) is 0.509. The molecule has 0 unspecified atom stereocenters. The summed E-state index contributed by atoms with van der Waals surface area (Å²) in [5.41, 5.74) is 1.28. The van der Waals surface area contributed by atoms with Gasteiger partial charge in [0.1, 0.15) is 12.7 Å². The van der Waals surface area contributed by atoms with Gasteiger partial charge >= 0.3 is 0 Å². The molecular formula is C9H15N2+. The fourth-order valence-electron chi connectivity index (χ4n) is 0.875. The van der Waals surface area contributed by atoms with Gasteiger partial charge in [0.25, 0.3) is 0 Å². The lowest BCUT2D eigenvalue weighted by Gasteiger charge is -2.14. The molecule has 2 nitrogen and oxygen atoms in total. The second-order valence-corrected chi connectivity index (χ2v) is 3.86. The van der Waals surface area contributed by atoms with Gasteiger partial charge in [-0.05, 0) is 0 Å². The van der Waals surface area contributed by atoms with Crippen LogP contribution >= 0.6 is 0 Å². The van der Waals surface area contributed by atoms with Crippen LogP contribution in [0.5, 0.6) is 0 Å². The minimum absolute atomic E-state index is 0.152. The van der Waals surface area contributed by atoms with Gasteiger partial charge < -0.3 is 0 Å². The van der Waals surface area contributed by atoms with Gasteiger partial charge in [-0.2, -0.15) is 0 Å². The topological polar surface area (TPSA) is 16.8 Å². The van der Waals surface area contributed by atoms with Crippen molar-refractivity contribution in [2.24, 2.45) is 7.05 Å². The van der Waals surface area contributed by atoms with Crippen LogP contribution in [-0.2, 0) is 12.5 Å². The summed E-state index contributed by atoms with van der Waals surface area (Å²) >= 11 is 0. The van der Waals surface area contributed by atoms with Crippen LogP contribution in [-0.4, -0.2) is 4.98 Å². The maximum atomic E-state index is 4.29. The molecule has 0 aliphatic heterocycles. The van der Waals surface area contributed by atoms with Gasteiger partial charge in [-0.15, -0.1) is 0 Å². The molecular weight excluding hydrogens is 136 g/mol. The summed E-state index contributed by atoms with van der Waals surface area (Å²) < 4.78 is 2.02. The summed E-state index contributed by atoms with van der Waals surface area (Å²) in [6.07, 6.45) is 5.83. The standard InChI is InChI=1S/C9H15N2/c1-9(2,3)8-7-11(4)6-5-10-8/h5-7H,1-4H3/q+1. The molecule has 0 saturated carbocycles. The van der Waals surface area contributed by atoms with Crippen LogP contribution in [0.1, 0.15) is 26.5 Å². The first kappa shape index (κ1) is 8.18. The molecule has 1 aromatic rings. The Morgan fingerprint density at radius 3 is 2.36 bits per heavy atom. The number of aryl methyl sites for hydroxylation is 1. The summed E-state index contributed by atoms with van der Waals surface area (Å²) in [6, 6.07) is 0. The molecule has 0 spiro atoms. The summed E-state index contributed by atoms with van der Waals surface area (Å²) in [4.78, 5) is 4.29. The number of rotatable bonds is 0. The van der Waals surface area contributed by atoms with Gasteiger partial charge in [-0.3, -0.25) is 0 Å². The molecule has 60 valence electrons. The fraction of sp³-hybridized carbons (Fsp3) is 0.556. The third-order valence-corrected chi connectivity index (χ3v) is 1.61. The number of hydrogen-bond donors (Lipinski definition) is 0. The zero-order valence-electron chi connectivity index (χ0n) is 7.63. The molecule has 0 amide bonds. The number of aromatic nitrogens is 2. The lowest BCUT2D eigenvalue weighted by molar-refractivity contribution is -0.672. The molecule has 0 saturated heterocycles. The van der Waals surface area contributed by atoms with Gasteiger partial charge in [-0.1, -0.05) is 20.8 Å². The SMILES string of the molecule is C[n+]1ccnc(C(C)(C)C)c1. The molecule has 1 aromatic heterocycles. The third-order valence-electron chi connectivity index (χ3n) is 1.61. The lowest BCUT2D eigenvalue weighted by atomic mass is 9.93. The van der Waals surface area contributed by atoms with E-state index in [-0.39, 0.29) is 5.41 Å². The monoisotopic (exact) mass is 151 g/mol. The predicted octanol–water partition coefficient (Wildman–Crippen LogP) is 1.20. The minimum atomic E-state index is 0.152. The average molecular weight is 151 g/mol. The molecule has 0 bridgehead atoms. The van der Waals surface area contributed by atoms with Gasteiger partial charge in [0.2, 0.25) is 0 Å². The largest absolute Gasteiger partial charge is 0.248 e. The van der Waals surface area contributed by atoms with E-state index in [0.717, 1.165) is 5.69 Å². The van der Waals surface area contributed by atoms with E-state index in [1.165, 1.54) is 0 Å². The first-order valence-corrected chi connectivity index (χ1v) is 3.82. The van der Waals surface area contributed by atoms with Crippen molar-refractivity contribution < 1.29 is 4.57 Å². The molecule has 11 heavy (non-hydrogen) atoms. The van der Waals surface area contributed by atoms with Crippen LogP contribution < -0.4 is 4.57 Å². The van der Waals surface area contributed by atoms with E-state index in [1.54, 1.807) is 0 Å². The Labute approximate surface area is 67.9 Å². The molecule has 0 atom stereocenters. The van der Waals surface area contributed by atoms with Crippen molar-refractivity contribution in [2.45, 2.75) is 26.2 Å². The lowest BCUT2D eigenvalue weighted by Crippen LogP contribution is -2.30. The molecule has 1 rings (SSSR count). The Balaban J connectivity index is 3.06. The zero-order valence-corrected chi connectivity index (χ0v) is 7.63. The molecule has 1 heterocycles. The van der Waals surface area contributed by atoms with E-state index in [9.17, 15) is 0 Å². The second-order valence-electron chi connectivity index (χ2n) is 3.86. The highest BCUT2D eigenvalue weighted by Gasteiger charge is 2.17. The number of nitrogens with zero attached hydrogens (tertiary/aromatic N) is 2. The highest BCUT2D eigenvalue weighted by atomic mass is 14.9. The van der Waals surface area contributed by atoms with Gasteiger partial charge in [0, 0.05) is 5.41 Å². The van der Waals surface area contributed by atoms with E-state index in [0.29, 0.717) is 0 Å². The Bertz CT molecular complexity index is 248. The Hall–Kier alpha value is -0.920. The number of hydrogen-bond acceptors (Lipinski definition) is 1.